The highest BCUT2D eigenvalue weighted by atomic mass is 32.1. The number of thiophene rings is 1. The van der Waals surface area contributed by atoms with Crippen LogP contribution >= 0.6 is 11.3 Å². The van der Waals surface area contributed by atoms with Gasteiger partial charge in [-0.1, -0.05) is 6.07 Å². The molecule has 1 aliphatic heterocycles. The van der Waals surface area contributed by atoms with Gasteiger partial charge in [0.2, 0.25) is 5.95 Å². The molecule has 0 radical (unpaired) electrons. The van der Waals surface area contributed by atoms with Gasteiger partial charge in [0, 0.05) is 20.8 Å². The van der Waals surface area contributed by atoms with E-state index in [0.29, 0.717) is 16.9 Å². The molecule has 12 nitrogen and oxygen atoms in total. The third-order valence-electron chi connectivity index (χ3n) is 4.81. The summed E-state index contributed by atoms with van der Waals surface area (Å²) in [4.78, 5) is 48.9. The van der Waals surface area contributed by atoms with Crippen LogP contribution in [0.3, 0.4) is 0 Å². The van der Waals surface area contributed by atoms with Gasteiger partial charge < -0.3 is 24.7 Å². The molecule has 0 amide bonds. The fraction of sp³-hybridized carbons (Fsp3) is 0.400. The molecule has 3 aromatic rings. The minimum absolute atomic E-state index is 0.0164. The standard InChI is InChI=1S/C20H21N5O7S/c1-9(26)29-7-12-16(30-10(2)27)17(31-11(3)28)19(32-12)25-8-22-15-14(13-5-4-6-33-13)23-20(21)24-18(15)25/h4-6,8,12,16-17,19H,7H2,1-3H3,(H2,21,23,24)/t12-,16-,17-,19-/m1/s1. The first-order valence-electron chi connectivity index (χ1n) is 9.91. The van der Waals surface area contributed by atoms with Crippen molar-refractivity contribution in [2.45, 2.75) is 45.3 Å². The second-order valence-electron chi connectivity index (χ2n) is 7.25. The average Bonchev–Trinajstić information content (AvgIpc) is 3.46. The van der Waals surface area contributed by atoms with Crippen molar-refractivity contribution in [1.29, 1.82) is 0 Å². The molecule has 1 fully saturated rings. The van der Waals surface area contributed by atoms with Crippen molar-refractivity contribution < 1.29 is 33.3 Å². The van der Waals surface area contributed by atoms with Crippen molar-refractivity contribution >= 4 is 46.4 Å². The lowest BCUT2D eigenvalue weighted by Crippen LogP contribution is -2.40. The van der Waals surface area contributed by atoms with Crippen LogP contribution < -0.4 is 5.73 Å². The van der Waals surface area contributed by atoms with E-state index in [1.807, 2.05) is 17.5 Å². The molecule has 4 rings (SSSR count). The summed E-state index contributed by atoms with van der Waals surface area (Å²) in [5.41, 5.74) is 7.30. The van der Waals surface area contributed by atoms with Crippen LogP contribution in [0.15, 0.2) is 23.8 Å². The predicted molar refractivity (Wildman–Crippen MR) is 115 cm³/mol. The number of fused-ring (bicyclic) bond motifs is 1. The molecule has 0 unspecified atom stereocenters. The fourth-order valence-corrected chi connectivity index (χ4v) is 4.34. The smallest absolute Gasteiger partial charge is 0.303 e. The SMILES string of the molecule is CC(=O)OC[C@H]1O[C@@H](n2cnc3c(-c4cccs4)nc(N)nc32)[C@H](OC(C)=O)[C@@H]1OC(C)=O. The summed E-state index contributed by atoms with van der Waals surface area (Å²) in [6.07, 6.45) is -2.54. The van der Waals surface area contributed by atoms with E-state index in [9.17, 15) is 14.4 Å². The molecule has 3 aromatic heterocycles. The number of hydrogen-bond acceptors (Lipinski definition) is 12. The minimum Gasteiger partial charge on any atom is -0.463 e. The van der Waals surface area contributed by atoms with E-state index in [0.717, 1.165) is 4.88 Å². The minimum atomic E-state index is -1.06. The van der Waals surface area contributed by atoms with Gasteiger partial charge in [-0.3, -0.25) is 19.0 Å². The summed E-state index contributed by atoms with van der Waals surface area (Å²) < 4.78 is 23.5. The zero-order valence-corrected chi connectivity index (χ0v) is 18.8. The first-order valence-corrected chi connectivity index (χ1v) is 10.8. The maximum atomic E-state index is 11.9. The average molecular weight is 475 g/mol. The molecule has 0 aliphatic carbocycles. The number of hydrogen-bond donors (Lipinski definition) is 1. The van der Waals surface area contributed by atoms with Gasteiger partial charge >= 0.3 is 17.9 Å². The molecule has 1 saturated heterocycles. The van der Waals surface area contributed by atoms with E-state index >= 15 is 0 Å². The summed E-state index contributed by atoms with van der Waals surface area (Å²) in [5, 5.41) is 1.90. The Morgan fingerprint density at radius 1 is 1.12 bits per heavy atom. The van der Waals surface area contributed by atoms with E-state index in [-0.39, 0.29) is 12.6 Å². The number of carbonyl (C=O) groups is 3. The molecule has 2 N–H and O–H groups in total. The summed E-state index contributed by atoms with van der Waals surface area (Å²) in [6.45, 7) is 3.47. The number of ether oxygens (including phenoxy) is 4. The Balaban J connectivity index is 1.79. The quantitative estimate of drug-likeness (QED) is 0.406. The van der Waals surface area contributed by atoms with Crippen molar-refractivity contribution in [3.8, 4) is 10.6 Å². The van der Waals surface area contributed by atoms with Gasteiger partial charge in [0.1, 0.15) is 23.9 Å². The molecule has 0 aromatic carbocycles. The molecular formula is C20H21N5O7S. The van der Waals surface area contributed by atoms with Crippen LogP contribution in [-0.2, 0) is 33.3 Å². The predicted octanol–water partition coefficient (Wildman–Crippen LogP) is 1.46. The highest BCUT2D eigenvalue weighted by Crippen LogP contribution is 2.37. The number of carbonyl (C=O) groups excluding carboxylic acids is 3. The fourth-order valence-electron chi connectivity index (χ4n) is 3.62. The maximum Gasteiger partial charge on any atom is 0.303 e. The number of anilines is 1. The molecule has 174 valence electrons. The Labute approximate surface area is 191 Å². The molecule has 13 heteroatoms. The number of rotatable bonds is 6. The van der Waals surface area contributed by atoms with Crippen molar-refractivity contribution in [3.05, 3.63) is 23.8 Å². The van der Waals surface area contributed by atoms with Gasteiger partial charge in [0.25, 0.3) is 0 Å². The number of nitrogens with zero attached hydrogens (tertiary/aromatic N) is 4. The van der Waals surface area contributed by atoms with Crippen LogP contribution in [0.4, 0.5) is 5.95 Å². The second-order valence-corrected chi connectivity index (χ2v) is 8.20. The van der Waals surface area contributed by atoms with Crippen molar-refractivity contribution in [3.63, 3.8) is 0 Å². The zero-order valence-electron chi connectivity index (χ0n) is 18.0. The highest BCUT2D eigenvalue weighted by molar-refractivity contribution is 7.13. The highest BCUT2D eigenvalue weighted by Gasteiger charge is 2.51. The van der Waals surface area contributed by atoms with Crippen LogP contribution in [0.1, 0.15) is 27.0 Å². The lowest BCUT2D eigenvalue weighted by atomic mass is 10.1. The van der Waals surface area contributed by atoms with Crippen LogP contribution in [0.2, 0.25) is 0 Å². The first kappa shape index (κ1) is 22.6. The van der Waals surface area contributed by atoms with Crippen LogP contribution in [0.25, 0.3) is 21.7 Å². The van der Waals surface area contributed by atoms with E-state index in [1.54, 1.807) is 0 Å². The van der Waals surface area contributed by atoms with Gasteiger partial charge in [0.15, 0.2) is 24.1 Å². The van der Waals surface area contributed by atoms with Gasteiger partial charge in [-0.15, -0.1) is 11.3 Å². The number of nitrogens with two attached hydrogens (primary N) is 1. The third kappa shape index (κ3) is 4.64. The molecule has 0 bridgehead atoms. The topological polar surface area (TPSA) is 158 Å². The Morgan fingerprint density at radius 2 is 1.85 bits per heavy atom. The number of aromatic nitrogens is 4. The van der Waals surface area contributed by atoms with Crippen molar-refractivity contribution in [2.75, 3.05) is 12.3 Å². The normalized spacial score (nSPS) is 22.3. The van der Waals surface area contributed by atoms with E-state index < -0.39 is 42.4 Å². The number of imidazole rings is 1. The summed E-state index contributed by atoms with van der Waals surface area (Å²) in [7, 11) is 0. The monoisotopic (exact) mass is 475 g/mol. The zero-order chi connectivity index (χ0) is 23.7. The van der Waals surface area contributed by atoms with E-state index in [1.165, 1.54) is 43.0 Å². The molecule has 0 saturated carbocycles. The largest absolute Gasteiger partial charge is 0.463 e. The molecule has 0 spiro atoms. The summed E-state index contributed by atoms with van der Waals surface area (Å²) >= 11 is 1.47. The van der Waals surface area contributed by atoms with Gasteiger partial charge in [0.05, 0.1) is 11.2 Å². The van der Waals surface area contributed by atoms with Crippen molar-refractivity contribution in [2.24, 2.45) is 0 Å². The van der Waals surface area contributed by atoms with Crippen molar-refractivity contribution in [1.82, 2.24) is 19.5 Å². The number of esters is 3. The Hall–Kier alpha value is -3.58. The van der Waals surface area contributed by atoms with Gasteiger partial charge in [-0.05, 0) is 11.4 Å². The summed E-state index contributed by atoms with van der Waals surface area (Å²) in [6, 6.07) is 3.76. The number of nitrogen functional groups attached to an aromatic ring is 1. The van der Waals surface area contributed by atoms with Gasteiger partial charge in [-0.25, -0.2) is 9.97 Å². The molecule has 1 aliphatic rings. The second kappa shape index (κ2) is 9.11. The Kier molecular flexibility index (Phi) is 6.24. The van der Waals surface area contributed by atoms with Crippen LogP contribution in [0, 0.1) is 0 Å². The molecule has 33 heavy (non-hydrogen) atoms. The Morgan fingerprint density at radius 3 is 2.48 bits per heavy atom. The Bertz CT molecular complexity index is 1200. The maximum absolute atomic E-state index is 11.9. The third-order valence-corrected chi connectivity index (χ3v) is 5.68. The first-order chi connectivity index (χ1) is 15.7. The van der Waals surface area contributed by atoms with E-state index in [2.05, 4.69) is 15.0 Å². The summed E-state index contributed by atoms with van der Waals surface area (Å²) in [5.74, 6) is -1.75. The lowest BCUT2D eigenvalue weighted by Gasteiger charge is -2.23. The van der Waals surface area contributed by atoms with E-state index in [4.69, 9.17) is 24.7 Å². The molecule has 4 atom stereocenters. The van der Waals surface area contributed by atoms with Gasteiger partial charge in [-0.2, -0.15) is 4.98 Å². The lowest BCUT2D eigenvalue weighted by molar-refractivity contribution is -0.166. The molecular weight excluding hydrogens is 454 g/mol. The van der Waals surface area contributed by atoms with Crippen LogP contribution in [0.5, 0.6) is 0 Å². The van der Waals surface area contributed by atoms with Crippen LogP contribution in [-0.4, -0.2) is 62.3 Å². The molecule has 4 heterocycles.